The molecule has 0 spiro atoms. The van der Waals surface area contributed by atoms with Crippen LogP contribution in [0, 0.1) is 16.1 Å². The van der Waals surface area contributed by atoms with E-state index in [1.54, 1.807) is 19.2 Å². The summed E-state index contributed by atoms with van der Waals surface area (Å²) in [6.45, 7) is 7.63. The van der Waals surface area contributed by atoms with Gasteiger partial charge in [0.15, 0.2) is 0 Å². The first-order chi connectivity index (χ1) is 9.40. The number of hydrogen-bond acceptors (Lipinski definition) is 4. The highest BCUT2D eigenvalue weighted by Gasteiger charge is 2.45. The van der Waals surface area contributed by atoms with E-state index in [9.17, 15) is 9.47 Å². The maximum absolute atomic E-state index is 12.5. The zero-order valence-electron chi connectivity index (χ0n) is 11.9. The summed E-state index contributed by atoms with van der Waals surface area (Å²) in [6.07, 6.45) is 4.00. The lowest BCUT2D eigenvalue weighted by atomic mass is 9.99. The van der Waals surface area contributed by atoms with Crippen LogP contribution in [0.2, 0.25) is 0 Å². The van der Waals surface area contributed by atoms with Gasteiger partial charge in [-0.2, -0.15) is 5.26 Å². The predicted octanol–water partition coefficient (Wildman–Crippen LogP) is 3.49. The van der Waals surface area contributed by atoms with Gasteiger partial charge in [-0.25, -0.2) is 8.99 Å². The number of nitrogens with one attached hydrogen (secondary N) is 1. The molecule has 0 amide bonds. The van der Waals surface area contributed by atoms with Crippen molar-refractivity contribution in [3.63, 3.8) is 0 Å². The molecular weight excluding hydrogens is 270 g/mol. The Balaban J connectivity index is 2.63. The van der Waals surface area contributed by atoms with Gasteiger partial charge in [0.1, 0.15) is 0 Å². The molecule has 1 fully saturated rings. The summed E-state index contributed by atoms with van der Waals surface area (Å²) < 4.78 is 20.6. The number of rotatable bonds is 5. The number of hydrogen-bond donors (Lipinski definition) is 1. The Morgan fingerprint density at radius 2 is 2.25 bits per heavy atom. The Labute approximate surface area is 120 Å². The lowest BCUT2D eigenvalue weighted by Gasteiger charge is -2.15. The molecule has 1 atom stereocenters. The molecule has 1 aliphatic carbocycles. The third-order valence-electron chi connectivity index (χ3n) is 3.89. The second kappa shape index (κ2) is 5.02. The van der Waals surface area contributed by atoms with Gasteiger partial charge >= 0.3 is 0 Å². The van der Waals surface area contributed by atoms with Gasteiger partial charge < -0.3 is 0 Å². The summed E-state index contributed by atoms with van der Waals surface area (Å²) in [5.41, 5.74) is 1.65. The largest absolute Gasteiger partial charge is 0.255 e. The molecule has 1 heterocycles. The summed E-state index contributed by atoms with van der Waals surface area (Å²) in [4.78, 5) is 4.80. The van der Waals surface area contributed by atoms with E-state index < -0.39 is 15.1 Å². The molecule has 1 unspecified atom stereocenters. The highest BCUT2D eigenvalue weighted by atomic mass is 32.2. The van der Waals surface area contributed by atoms with Gasteiger partial charge in [-0.15, -0.1) is 0 Å². The summed E-state index contributed by atoms with van der Waals surface area (Å²) in [5.74, 6) is 0.238. The topological polar surface area (TPSA) is 77.6 Å². The van der Waals surface area contributed by atoms with E-state index in [4.69, 9.17) is 4.78 Å². The van der Waals surface area contributed by atoms with Crippen LogP contribution in [-0.4, -0.2) is 14.9 Å². The van der Waals surface area contributed by atoms with Gasteiger partial charge in [0.2, 0.25) is 0 Å². The Hall–Kier alpha value is -1.67. The first kappa shape index (κ1) is 14.7. The van der Waals surface area contributed by atoms with Gasteiger partial charge in [0.25, 0.3) is 0 Å². The van der Waals surface area contributed by atoms with Gasteiger partial charge in [0, 0.05) is 11.9 Å². The minimum Gasteiger partial charge on any atom is -0.255 e. The number of pyridine rings is 1. The van der Waals surface area contributed by atoms with Gasteiger partial charge in [-0.3, -0.25) is 4.98 Å². The van der Waals surface area contributed by atoms with Crippen molar-refractivity contribution >= 4 is 15.3 Å². The molecule has 0 bridgehead atoms. The van der Waals surface area contributed by atoms with Crippen LogP contribution in [0.15, 0.2) is 23.7 Å². The van der Waals surface area contributed by atoms with E-state index in [0.29, 0.717) is 17.0 Å². The van der Waals surface area contributed by atoms with Crippen molar-refractivity contribution in [3.05, 3.63) is 30.1 Å². The monoisotopic (exact) mass is 289 g/mol. The third-order valence-corrected chi connectivity index (χ3v) is 5.73. The standard InChI is InChI=1S/C15H19N3OS/c1-4-11(3)14-13(20(17,19)5-2)8-12(9-18-14)15(10-16)6-7-15/h8-9,17H,3-7H2,1-2H3. The van der Waals surface area contributed by atoms with Crippen LogP contribution in [0.5, 0.6) is 0 Å². The third kappa shape index (κ3) is 2.36. The first-order valence-electron chi connectivity index (χ1n) is 6.76. The molecule has 4 nitrogen and oxygen atoms in total. The van der Waals surface area contributed by atoms with E-state index in [0.717, 1.165) is 24.0 Å². The molecule has 5 heteroatoms. The van der Waals surface area contributed by atoms with Crippen LogP contribution >= 0.6 is 0 Å². The van der Waals surface area contributed by atoms with Crippen molar-refractivity contribution in [1.82, 2.24) is 4.98 Å². The number of nitrogens with zero attached hydrogens (tertiary/aromatic N) is 2. The van der Waals surface area contributed by atoms with Crippen LogP contribution in [0.25, 0.3) is 5.57 Å². The molecule has 1 N–H and O–H groups in total. The molecule has 1 aliphatic rings. The molecule has 1 saturated carbocycles. The van der Waals surface area contributed by atoms with E-state index in [-0.39, 0.29) is 5.75 Å². The van der Waals surface area contributed by atoms with Gasteiger partial charge in [-0.1, -0.05) is 20.4 Å². The second-order valence-corrected chi connectivity index (χ2v) is 7.55. The van der Waals surface area contributed by atoms with E-state index >= 15 is 0 Å². The second-order valence-electron chi connectivity index (χ2n) is 5.19. The van der Waals surface area contributed by atoms with Crippen LogP contribution in [-0.2, 0) is 15.1 Å². The average Bonchev–Trinajstić information content (AvgIpc) is 3.27. The van der Waals surface area contributed by atoms with Gasteiger partial charge in [0.05, 0.1) is 31.8 Å². The molecule has 1 aromatic rings. The maximum atomic E-state index is 12.5. The molecular formula is C15H19N3OS. The smallest absolute Gasteiger partial charge is 0.0839 e. The Morgan fingerprint density at radius 3 is 2.70 bits per heavy atom. The van der Waals surface area contributed by atoms with Crippen molar-refractivity contribution in [2.45, 2.75) is 43.4 Å². The van der Waals surface area contributed by atoms with E-state index in [1.807, 2.05) is 6.92 Å². The molecule has 20 heavy (non-hydrogen) atoms. The number of nitriles is 1. The van der Waals surface area contributed by atoms with Crippen molar-refractivity contribution < 1.29 is 4.21 Å². The van der Waals surface area contributed by atoms with Crippen molar-refractivity contribution in [2.24, 2.45) is 0 Å². The van der Waals surface area contributed by atoms with Gasteiger partial charge in [-0.05, 0) is 36.5 Å². The normalized spacial score (nSPS) is 18.9. The van der Waals surface area contributed by atoms with Crippen LogP contribution in [0.4, 0.5) is 0 Å². The minimum absolute atomic E-state index is 0.238. The van der Waals surface area contributed by atoms with Crippen molar-refractivity contribution in [1.29, 1.82) is 10.0 Å². The SMILES string of the molecule is C=C(CC)c1ncc(C2(C#N)CC2)cc1S(=N)(=O)CC. The van der Waals surface area contributed by atoms with Crippen molar-refractivity contribution in [3.8, 4) is 6.07 Å². The molecule has 2 rings (SSSR count). The first-order valence-corrected chi connectivity index (χ1v) is 8.49. The van der Waals surface area contributed by atoms with Crippen LogP contribution in [0.3, 0.4) is 0 Å². The fourth-order valence-electron chi connectivity index (χ4n) is 2.14. The fraction of sp³-hybridized carbons (Fsp3) is 0.467. The van der Waals surface area contributed by atoms with Crippen LogP contribution < -0.4 is 0 Å². The summed E-state index contributed by atoms with van der Waals surface area (Å²) in [5, 5.41) is 9.27. The molecule has 106 valence electrons. The van der Waals surface area contributed by atoms with E-state index in [2.05, 4.69) is 17.6 Å². The van der Waals surface area contributed by atoms with Crippen LogP contribution in [0.1, 0.15) is 44.4 Å². The number of allylic oxidation sites excluding steroid dienone is 1. The predicted molar refractivity (Wildman–Crippen MR) is 79.8 cm³/mol. The zero-order chi connectivity index (χ0) is 15.0. The Kier molecular flexibility index (Phi) is 3.70. The Morgan fingerprint density at radius 1 is 1.60 bits per heavy atom. The lowest BCUT2D eigenvalue weighted by Crippen LogP contribution is -2.11. The molecule has 0 aromatic carbocycles. The average molecular weight is 289 g/mol. The fourth-order valence-corrected chi connectivity index (χ4v) is 3.27. The molecule has 0 saturated heterocycles. The number of aromatic nitrogens is 1. The highest BCUT2D eigenvalue weighted by Crippen LogP contribution is 2.48. The summed E-state index contributed by atoms with van der Waals surface area (Å²) in [7, 11) is -2.88. The molecule has 0 radical (unpaired) electrons. The summed E-state index contributed by atoms with van der Waals surface area (Å²) in [6, 6.07) is 4.06. The minimum atomic E-state index is -2.88. The van der Waals surface area contributed by atoms with Crippen molar-refractivity contribution in [2.75, 3.05) is 5.75 Å². The Bertz CT molecular complexity index is 694. The summed E-state index contributed by atoms with van der Waals surface area (Å²) >= 11 is 0. The molecule has 0 aliphatic heterocycles. The lowest BCUT2D eigenvalue weighted by molar-refractivity contribution is 0.674. The molecule has 1 aromatic heterocycles. The zero-order valence-corrected chi connectivity index (χ0v) is 12.7. The highest BCUT2D eigenvalue weighted by molar-refractivity contribution is 7.92. The quantitative estimate of drug-likeness (QED) is 0.901. The maximum Gasteiger partial charge on any atom is 0.0839 e. The van der Waals surface area contributed by atoms with E-state index in [1.165, 1.54) is 0 Å².